The van der Waals surface area contributed by atoms with Crippen LogP contribution in [-0.4, -0.2) is 15.9 Å². The summed E-state index contributed by atoms with van der Waals surface area (Å²) in [5.41, 5.74) is 5.05. The molecule has 0 bridgehead atoms. The molecule has 0 saturated heterocycles. The molecule has 1 aromatic heterocycles. The van der Waals surface area contributed by atoms with E-state index in [-0.39, 0.29) is 5.91 Å². The highest BCUT2D eigenvalue weighted by atomic mass is 16.1. The lowest BCUT2D eigenvalue weighted by atomic mass is 10.1. The number of nitrogens with one attached hydrogen (secondary N) is 2. The average Bonchev–Trinajstić information content (AvgIpc) is 2.56. The summed E-state index contributed by atoms with van der Waals surface area (Å²) in [5.74, 6) is 0.450. The summed E-state index contributed by atoms with van der Waals surface area (Å²) in [6, 6.07) is 16.9. The Morgan fingerprint density at radius 2 is 1.44 bits per heavy atom. The molecule has 0 aliphatic heterocycles. The summed E-state index contributed by atoms with van der Waals surface area (Å²) < 4.78 is 0. The maximum Gasteiger partial charge on any atom is 0.255 e. The molecular formula is C20H20N4O. The fourth-order valence-corrected chi connectivity index (χ4v) is 2.57. The van der Waals surface area contributed by atoms with Crippen LogP contribution < -0.4 is 10.6 Å². The van der Waals surface area contributed by atoms with Gasteiger partial charge in [-0.1, -0.05) is 18.2 Å². The second-order valence-corrected chi connectivity index (χ2v) is 5.95. The maximum atomic E-state index is 12.3. The van der Waals surface area contributed by atoms with Crippen molar-refractivity contribution in [3.05, 3.63) is 77.1 Å². The molecule has 1 amide bonds. The predicted octanol–water partition coefficient (Wildman–Crippen LogP) is 4.40. The van der Waals surface area contributed by atoms with Crippen molar-refractivity contribution in [2.45, 2.75) is 20.8 Å². The molecule has 3 rings (SSSR count). The molecule has 2 aromatic carbocycles. The Morgan fingerprint density at radius 3 is 2.08 bits per heavy atom. The Balaban J connectivity index is 1.70. The van der Waals surface area contributed by atoms with Gasteiger partial charge in [0, 0.05) is 28.3 Å². The van der Waals surface area contributed by atoms with Gasteiger partial charge in [0.25, 0.3) is 5.91 Å². The van der Waals surface area contributed by atoms with Gasteiger partial charge in [-0.05, 0) is 62.7 Å². The lowest BCUT2D eigenvalue weighted by Gasteiger charge is -2.09. The molecule has 0 aliphatic carbocycles. The van der Waals surface area contributed by atoms with Crippen molar-refractivity contribution in [1.82, 2.24) is 9.97 Å². The van der Waals surface area contributed by atoms with Gasteiger partial charge in [0.2, 0.25) is 5.95 Å². The minimum absolute atomic E-state index is 0.114. The van der Waals surface area contributed by atoms with Gasteiger partial charge in [-0.2, -0.15) is 0 Å². The SMILES string of the molecule is Cc1cc(C)nc(Nc2ccc(NC(=O)c3ccccc3C)cc2)n1. The number of hydrogen-bond acceptors (Lipinski definition) is 4. The van der Waals surface area contributed by atoms with Gasteiger partial charge >= 0.3 is 0 Å². The minimum Gasteiger partial charge on any atom is -0.324 e. The molecule has 0 radical (unpaired) electrons. The van der Waals surface area contributed by atoms with Gasteiger partial charge < -0.3 is 10.6 Å². The van der Waals surface area contributed by atoms with E-state index in [9.17, 15) is 4.79 Å². The average molecular weight is 332 g/mol. The first-order valence-electron chi connectivity index (χ1n) is 8.07. The maximum absolute atomic E-state index is 12.3. The van der Waals surface area contributed by atoms with Crippen LogP contribution in [0.4, 0.5) is 17.3 Å². The van der Waals surface area contributed by atoms with Gasteiger partial charge in [0.1, 0.15) is 0 Å². The Morgan fingerprint density at radius 1 is 0.840 bits per heavy atom. The second kappa shape index (κ2) is 7.13. The highest BCUT2D eigenvalue weighted by Gasteiger charge is 2.08. The molecule has 3 aromatic rings. The van der Waals surface area contributed by atoms with Crippen LogP contribution >= 0.6 is 0 Å². The van der Waals surface area contributed by atoms with E-state index < -0.39 is 0 Å². The van der Waals surface area contributed by atoms with E-state index in [1.807, 2.05) is 75.4 Å². The second-order valence-electron chi connectivity index (χ2n) is 5.95. The van der Waals surface area contributed by atoms with Crippen LogP contribution in [0.15, 0.2) is 54.6 Å². The van der Waals surface area contributed by atoms with Crippen LogP contribution in [0.3, 0.4) is 0 Å². The number of carbonyl (C=O) groups is 1. The molecule has 2 N–H and O–H groups in total. The zero-order valence-corrected chi connectivity index (χ0v) is 14.5. The zero-order valence-electron chi connectivity index (χ0n) is 14.5. The Bertz CT molecular complexity index is 884. The van der Waals surface area contributed by atoms with Gasteiger partial charge in [0.05, 0.1) is 0 Å². The van der Waals surface area contributed by atoms with Crippen LogP contribution in [0.2, 0.25) is 0 Å². The van der Waals surface area contributed by atoms with Crippen molar-refractivity contribution in [2.24, 2.45) is 0 Å². The van der Waals surface area contributed by atoms with E-state index in [1.54, 1.807) is 0 Å². The van der Waals surface area contributed by atoms with Crippen molar-refractivity contribution in [3.8, 4) is 0 Å². The minimum atomic E-state index is -0.114. The van der Waals surface area contributed by atoms with Crippen LogP contribution in [0.5, 0.6) is 0 Å². The first-order valence-corrected chi connectivity index (χ1v) is 8.07. The number of rotatable bonds is 4. The summed E-state index contributed by atoms with van der Waals surface area (Å²) in [7, 11) is 0. The number of amides is 1. The number of aromatic nitrogens is 2. The normalized spacial score (nSPS) is 10.4. The summed E-state index contributed by atoms with van der Waals surface area (Å²) in [6.07, 6.45) is 0. The Hall–Kier alpha value is -3.21. The topological polar surface area (TPSA) is 66.9 Å². The number of anilines is 3. The first-order chi connectivity index (χ1) is 12.0. The largest absolute Gasteiger partial charge is 0.324 e. The number of hydrogen-bond donors (Lipinski definition) is 2. The third kappa shape index (κ3) is 4.20. The quantitative estimate of drug-likeness (QED) is 0.743. The van der Waals surface area contributed by atoms with Crippen molar-refractivity contribution in [1.29, 1.82) is 0 Å². The predicted molar refractivity (Wildman–Crippen MR) is 100 cm³/mol. The first kappa shape index (κ1) is 16.6. The van der Waals surface area contributed by atoms with Gasteiger partial charge in [-0.3, -0.25) is 4.79 Å². The molecule has 0 unspecified atom stereocenters. The number of nitrogens with zero attached hydrogens (tertiary/aromatic N) is 2. The van der Waals surface area contributed by atoms with Crippen molar-refractivity contribution >= 4 is 23.2 Å². The van der Waals surface area contributed by atoms with Gasteiger partial charge in [0.15, 0.2) is 0 Å². The molecule has 0 spiro atoms. The summed E-state index contributed by atoms with van der Waals surface area (Å²) in [4.78, 5) is 21.1. The molecule has 0 aliphatic rings. The fourth-order valence-electron chi connectivity index (χ4n) is 2.57. The molecule has 126 valence electrons. The third-order valence-electron chi connectivity index (χ3n) is 3.77. The smallest absolute Gasteiger partial charge is 0.255 e. The third-order valence-corrected chi connectivity index (χ3v) is 3.77. The van der Waals surface area contributed by atoms with E-state index in [1.165, 1.54) is 0 Å². The molecule has 0 atom stereocenters. The molecule has 25 heavy (non-hydrogen) atoms. The van der Waals surface area contributed by atoms with Gasteiger partial charge in [-0.25, -0.2) is 9.97 Å². The number of aryl methyl sites for hydroxylation is 3. The Kier molecular flexibility index (Phi) is 4.75. The number of carbonyl (C=O) groups excluding carboxylic acids is 1. The molecule has 5 heteroatoms. The van der Waals surface area contributed by atoms with E-state index in [4.69, 9.17) is 0 Å². The highest BCUT2D eigenvalue weighted by Crippen LogP contribution is 2.18. The molecule has 0 saturated carbocycles. The molecule has 1 heterocycles. The summed E-state index contributed by atoms with van der Waals surface area (Å²) >= 11 is 0. The lowest BCUT2D eigenvalue weighted by molar-refractivity contribution is 0.102. The molecule has 0 fully saturated rings. The Labute approximate surface area is 147 Å². The van der Waals surface area contributed by atoms with E-state index in [2.05, 4.69) is 20.6 Å². The van der Waals surface area contributed by atoms with Crippen LogP contribution in [0.1, 0.15) is 27.3 Å². The molecule has 5 nitrogen and oxygen atoms in total. The van der Waals surface area contributed by atoms with Crippen molar-refractivity contribution in [2.75, 3.05) is 10.6 Å². The standard InChI is InChI=1S/C20H20N4O/c1-13-6-4-5-7-18(13)19(25)23-16-8-10-17(11-9-16)24-20-21-14(2)12-15(3)22-20/h4-12H,1-3H3,(H,23,25)(H,21,22,24). The monoisotopic (exact) mass is 332 g/mol. The van der Waals surface area contributed by atoms with Crippen LogP contribution in [0.25, 0.3) is 0 Å². The lowest BCUT2D eigenvalue weighted by Crippen LogP contribution is -2.13. The van der Waals surface area contributed by atoms with Gasteiger partial charge in [-0.15, -0.1) is 0 Å². The van der Waals surface area contributed by atoms with E-state index in [0.717, 1.165) is 28.3 Å². The number of benzene rings is 2. The van der Waals surface area contributed by atoms with E-state index >= 15 is 0 Å². The fraction of sp³-hybridized carbons (Fsp3) is 0.150. The van der Waals surface area contributed by atoms with Crippen LogP contribution in [-0.2, 0) is 0 Å². The molecular weight excluding hydrogens is 312 g/mol. The highest BCUT2D eigenvalue weighted by molar-refractivity contribution is 6.05. The summed E-state index contributed by atoms with van der Waals surface area (Å²) in [5, 5.41) is 6.08. The zero-order chi connectivity index (χ0) is 17.8. The van der Waals surface area contributed by atoms with Crippen LogP contribution in [0, 0.1) is 20.8 Å². The van der Waals surface area contributed by atoms with Crippen molar-refractivity contribution in [3.63, 3.8) is 0 Å². The summed E-state index contributed by atoms with van der Waals surface area (Å²) in [6.45, 7) is 5.79. The van der Waals surface area contributed by atoms with Crippen molar-refractivity contribution < 1.29 is 4.79 Å². The van der Waals surface area contributed by atoms with E-state index in [0.29, 0.717) is 11.5 Å².